The van der Waals surface area contributed by atoms with Crippen molar-refractivity contribution in [2.45, 2.75) is 0 Å². The minimum Gasteiger partial charge on any atom is -0.478 e. The monoisotopic (exact) mass is 191 g/mol. The molecule has 1 rings (SSSR count). The van der Waals surface area contributed by atoms with E-state index in [0.29, 0.717) is 0 Å². The van der Waals surface area contributed by atoms with Crippen molar-refractivity contribution in [3.05, 3.63) is 41.2 Å². The number of benzene rings is 1. The number of nitrogens with zero attached hydrogens (tertiary/aromatic N) is 1. The van der Waals surface area contributed by atoms with E-state index in [1.54, 1.807) is 0 Å². The van der Waals surface area contributed by atoms with Crippen LogP contribution in [-0.4, -0.2) is 11.1 Å². The highest BCUT2D eigenvalue weighted by molar-refractivity contribution is 5.85. The molecule has 0 atom stereocenters. The average molecular weight is 191 g/mol. The molecule has 0 aliphatic rings. The summed E-state index contributed by atoms with van der Waals surface area (Å²) < 4.78 is 13.0. The van der Waals surface area contributed by atoms with Gasteiger partial charge in [0, 0.05) is 11.6 Å². The lowest BCUT2D eigenvalue weighted by atomic mass is 10.1. The fourth-order valence-electron chi connectivity index (χ4n) is 0.902. The van der Waals surface area contributed by atoms with Gasteiger partial charge < -0.3 is 5.11 Å². The third-order valence-electron chi connectivity index (χ3n) is 1.53. The van der Waals surface area contributed by atoms with E-state index in [4.69, 9.17) is 10.4 Å². The minimum absolute atomic E-state index is 0.0893. The van der Waals surface area contributed by atoms with E-state index in [2.05, 4.69) is 0 Å². The fraction of sp³-hybridized carbons (Fsp3) is 0. The number of aliphatic carboxylic acids is 1. The van der Waals surface area contributed by atoms with Crippen molar-refractivity contribution in [2.75, 3.05) is 0 Å². The molecule has 0 fully saturated rings. The summed E-state index contributed by atoms with van der Waals surface area (Å²) in [5.41, 5.74) is 0.378. The molecule has 0 aromatic heterocycles. The lowest BCUT2D eigenvalue weighted by molar-refractivity contribution is -0.131. The summed E-state index contributed by atoms with van der Waals surface area (Å²) in [6.07, 6.45) is 1.93. The average Bonchev–Trinajstić information content (AvgIpc) is 2.16. The summed E-state index contributed by atoms with van der Waals surface area (Å²) in [6, 6.07) is 5.57. The Morgan fingerprint density at radius 3 is 2.86 bits per heavy atom. The van der Waals surface area contributed by atoms with Gasteiger partial charge >= 0.3 is 5.97 Å². The first kappa shape index (κ1) is 9.93. The molecule has 0 saturated heterocycles. The van der Waals surface area contributed by atoms with Gasteiger partial charge in [0.25, 0.3) is 0 Å². The van der Waals surface area contributed by atoms with Crippen LogP contribution in [0.2, 0.25) is 0 Å². The highest BCUT2D eigenvalue weighted by Crippen LogP contribution is 2.11. The largest absolute Gasteiger partial charge is 0.478 e. The summed E-state index contributed by atoms with van der Waals surface area (Å²) in [5.74, 6) is -1.71. The lowest BCUT2D eigenvalue weighted by Gasteiger charge is -1.95. The van der Waals surface area contributed by atoms with Crippen LogP contribution in [0.4, 0.5) is 4.39 Å². The van der Waals surface area contributed by atoms with Crippen LogP contribution in [-0.2, 0) is 4.79 Å². The van der Waals surface area contributed by atoms with Crippen LogP contribution in [0.5, 0.6) is 0 Å². The molecular formula is C10H6FNO2. The highest BCUT2D eigenvalue weighted by Gasteiger charge is 2.00. The van der Waals surface area contributed by atoms with Gasteiger partial charge in [-0.25, -0.2) is 9.18 Å². The second-order valence-electron chi connectivity index (χ2n) is 2.52. The van der Waals surface area contributed by atoms with Crippen molar-refractivity contribution in [3.8, 4) is 6.07 Å². The number of rotatable bonds is 2. The second kappa shape index (κ2) is 4.19. The molecule has 14 heavy (non-hydrogen) atoms. The topological polar surface area (TPSA) is 61.1 Å². The molecule has 0 radical (unpaired) electrons. The number of halogens is 1. The van der Waals surface area contributed by atoms with E-state index in [-0.39, 0.29) is 11.1 Å². The number of carbonyl (C=O) groups is 1. The number of hydrogen-bond acceptors (Lipinski definition) is 2. The molecule has 0 aliphatic carbocycles. The Labute approximate surface area is 79.7 Å². The molecule has 1 N–H and O–H groups in total. The first-order valence-electron chi connectivity index (χ1n) is 3.74. The predicted molar refractivity (Wildman–Crippen MR) is 47.8 cm³/mol. The number of hydrogen-bond donors (Lipinski definition) is 1. The Hall–Kier alpha value is -2.15. The first-order chi connectivity index (χ1) is 6.63. The van der Waals surface area contributed by atoms with Gasteiger partial charge in [0.1, 0.15) is 5.82 Å². The van der Waals surface area contributed by atoms with Gasteiger partial charge in [-0.1, -0.05) is 0 Å². The molecule has 0 unspecified atom stereocenters. The highest BCUT2D eigenvalue weighted by atomic mass is 19.1. The van der Waals surface area contributed by atoms with Gasteiger partial charge in [-0.05, 0) is 24.3 Å². The molecule has 0 amide bonds. The van der Waals surface area contributed by atoms with Gasteiger partial charge in [-0.2, -0.15) is 5.26 Å². The normalized spacial score (nSPS) is 10.0. The summed E-state index contributed by atoms with van der Waals surface area (Å²) in [5, 5.41) is 16.8. The third-order valence-corrected chi connectivity index (χ3v) is 1.53. The zero-order valence-corrected chi connectivity index (χ0v) is 7.07. The molecule has 3 nitrogen and oxygen atoms in total. The summed E-state index contributed by atoms with van der Waals surface area (Å²) in [6.45, 7) is 0. The standard InChI is InChI=1S/C10H6FNO2/c11-9-3-1-7(6-12)5-8(9)2-4-10(13)14/h1-5H,(H,13,14). The van der Waals surface area contributed by atoms with E-state index in [9.17, 15) is 9.18 Å². The fourth-order valence-corrected chi connectivity index (χ4v) is 0.902. The van der Waals surface area contributed by atoms with Crippen molar-refractivity contribution >= 4 is 12.0 Å². The molecule has 0 bridgehead atoms. The maximum Gasteiger partial charge on any atom is 0.328 e. The Kier molecular flexibility index (Phi) is 2.97. The summed E-state index contributed by atoms with van der Waals surface area (Å²) in [7, 11) is 0. The van der Waals surface area contributed by atoms with E-state index in [0.717, 1.165) is 18.2 Å². The smallest absolute Gasteiger partial charge is 0.328 e. The van der Waals surface area contributed by atoms with Crippen LogP contribution in [0.3, 0.4) is 0 Å². The van der Waals surface area contributed by atoms with Gasteiger partial charge in [0.05, 0.1) is 11.6 Å². The summed E-state index contributed by atoms with van der Waals surface area (Å²) >= 11 is 0. The molecular weight excluding hydrogens is 185 g/mol. The molecule has 0 aliphatic heterocycles. The van der Waals surface area contributed by atoms with Crippen molar-refractivity contribution in [3.63, 3.8) is 0 Å². The molecule has 0 saturated carbocycles. The van der Waals surface area contributed by atoms with Crippen LogP contribution in [0.1, 0.15) is 11.1 Å². The first-order valence-corrected chi connectivity index (χ1v) is 3.74. The van der Waals surface area contributed by atoms with Crippen LogP contribution in [0.25, 0.3) is 6.08 Å². The Bertz CT molecular complexity index is 432. The van der Waals surface area contributed by atoms with Crippen molar-refractivity contribution in [1.82, 2.24) is 0 Å². The molecule has 1 aromatic rings. The zero-order valence-electron chi connectivity index (χ0n) is 7.07. The van der Waals surface area contributed by atoms with Gasteiger partial charge in [-0.3, -0.25) is 0 Å². The molecule has 70 valence electrons. The van der Waals surface area contributed by atoms with Crippen molar-refractivity contribution in [2.24, 2.45) is 0 Å². The molecule has 4 heteroatoms. The van der Waals surface area contributed by atoms with Crippen molar-refractivity contribution < 1.29 is 14.3 Å². The quantitative estimate of drug-likeness (QED) is 0.725. The number of carboxylic acids is 1. The van der Waals surface area contributed by atoms with E-state index in [1.165, 1.54) is 12.1 Å². The van der Waals surface area contributed by atoms with Gasteiger partial charge in [-0.15, -0.1) is 0 Å². The van der Waals surface area contributed by atoms with Crippen LogP contribution in [0.15, 0.2) is 24.3 Å². The molecule has 1 aromatic carbocycles. The maximum absolute atomic E-state index is 13.0. The predicted octanol–water partition coefficient (Wildman–Crippen LogP) is 1.80. The van der Waals surface area contributed by atoms with Gasteiger partial charge in [0.15, 0.2) is 0 Å². The number of carboxylic acid groups (broad SMARTS) is 1. The van der Waals surface area contributed by atoms with E-state index < -0.39 is 11.8 Å². The van der Waals surface area contributed by atoms with E-state index in [1.807, 2.05) is 6.07 Å². The summed E-state index contributed by atoms with van der Waals surface area (Å²) in [4.78, 5) is 10.2. The van der Waals surface area contributed by atoms with Crippen LogP contribution in [0, 0.1) is 17.1 Å². The van der Waals surface area contributed by atoms with Crippen LogP contribution >= 0.6 is 0 Å². The molecule has 0 heterocycles. The second-order valence-corrected chi connectivity index (χ2v) is 2.52. The maximum atomic E-state index is 13.0. The van der Waals surface area contributed by atoms with Crippen LogP contribution < -0.4 is 0 Å². The zero-order chi connectivity index (χ0) is 10.6. The number of nitriles is 1. The minimum atomic E-state index is -1.16. The Balaban J connectivity index is 3.08. The Morgan fingerprint density at radius 1 is 1.57 bits per heavy atom. The van der Waals surface area contributed by atoms with E-state index >= 15 is 0 Å². The lowest BCUT2D eigenvalue weighted by Crippen LogP contribution is -1.88. The van der Waals surface area contributed by atoms with Crippen molar-refractivity contribution in [1.29, 1.82) is 5.26 Å². The SMILES string of the molecule is N#Cc1ccc(F)c(C=CC(=O)O)c1. The molecule has 0 spiro atoms. The third kappa shape index (κ3) is 2.42. The Morgan fingerprint density at radius 2 is 2.29 bits per heavy atom. The van der Waals surface area contributed by atoms with Gasteiger partial charge in [0.2, 0.25) is 0 Å².